The molecule has 0 radical (unpaired) electrons. The number of aryl methyl sites for hydroxylation is 1. The summed E-state index contributed by atoms with van der Waals surface area (Å²) in [5.41, 5.74) is 0.984. The number of aliphatic hydroxyl groups excluding tert-OH is 1. The molecule has 2 rings (SSSR count). The van der Waals surface area contributed by atoms with E-state index in [1.54, 1.807) is 12.5 Å². The van der Waals surface area contributed by atoms with E-state index >= 15 is 0 Å². The van der Waals surface area contributed by atoms with E-state index in [0.717, 1.165) is 57.1 Å². The summed E-state index contributed by atoms with van der Waals surface area (Å²) in [7, 11) is 0. The number of amides is 1. The Kier molecular flexibility index (Phi) is 8.02. The van der Waals surface area contributed by atoms with Gasteiger partial charge < -0.3 is 14.6 Å². The van der Waals surface area contributed by atoms with Crippen LogP contribution in [0.2, 0.25) is 0 Å². The van der Waals surface area contributed by atoms with E-state index in [4.69, 9.17) is 0 Å². The van der Waals surface area contributed by atoms with Crippen LogP contribution in [-0.4, -0.2) is 38.1 Å². The highest BCUT2D eigenvalue weighted by molar-refractivity contribution is 5.95. The topological polar surface area (TPSA) is 58.4 Å². The summed E-state index contributed by atoms with van der Waals surface area (Å²) in [6.07, 6.45) is 15.0. The highest BCUT2D eigenvalue weighted by Crippen LogP contribution is 2.32. The summed E-state index contributed by atoms with van der Waals surface area (Å²) >= 11 is 0. The monoisotopic (exact) mass is 347 g/mol. The first-order valence-electron chi connectivity index (χ1n) is 9.87. The molecule has 5 nitrogen and oxygen atoms in total. The molecule has 1 aliphatic rings. The molecule has 0 fully saturated rings. The summed E-state index contributed by atoms with van der Waals surface area (Å²) in [5.74, 6) is -0.140. The van der Waals surface area contributed by atoms with Crippen molar-refractivity contribution in [3.63, 3.8) is 0 Å². The van der Waals surface area contributed by atoms with Gasteiger partial charge in [-0.3, -0.25) is 4.79 Å². The molecule has 0 bridgehead atoms. The standard InChI is InChI=1S/C20H33N3O2/c1-3-5-7-10-17-18(11-8-6-4-2)23(20(25)19(17)24)14-9-13-22-15-12-21-16-22/h12,15-16,18,24H,3-11,13-14H2,1-2H3/t18-/m1/s1. The van der Waals surface area contributed by atoms with E-state index in [0.29, 0.717) is 6.54 Å². The zero-order valence-corrected chi connectivity index (χ0v) is 15.8. The van der Waals surface area contributed by atoms with Crippen molar-refractivity contribution in [1.29, 1.82) is 0 Å². The van der Waals surface area contributed by atoms with Gasteiger partial charge in [0.1, 0.15) is 0 Å². The van der Waals surface area contributed by atoms with Crippen LogP contribution in [0, 0.1) is 0 Å². The molecule has 0 unspecified atom stereocenters. The van der Waals surface area contributed by atoms with Gasteiger partial charge in [0.05, 0.1) is 12.4 Å². The van der Waals surface area contributed by atoms with Crippen molar-refractivity contribution in [3.05, 3.63) is 30.1 Å². The third-order valence-corrected chi connectivity index (χ3v) is 5.05. The Hall–Kier alpha value is -1.78. The number of hydrogen-bond acceptors (Lipinski definition) is 3. The number of aliphatic hydroxyl groups is 1. The number of aromatic nitrogens is 2. The number of unbranched alkanes of at least 4 members (excludes halogenated alkanes) is 4. The molecular weight excluding hydrogens is 314 g/mol. The van der Waals surface area contributed by atoms with E-state index in [-0.39, 0.29) is 17.7 Å². The average molecular weight is 348 g/mol. The molecule has 0 saturated carbocycles. The Morgan fingerprint density at radius 3 is 2.52 bits per heavy atom. The molecular formula is C20H33N3O2. The van der Waals surface area contributed by atoms with Gasteiger partial charge in [-0.25, -0.2) is 4.98 Å². The molecule has 5 heteroatoms. The molecule has 1 atom stereocenters. The number of carbonyl (C=O) groups is 1. The first-order chi connectivity index (χ1) is 12.2. The lowest BCUT2D eigenvalue weighted by Gasteiger charge is -2.27. The van der Waals surface area contributed by atoms with E-state index in [1.807, 2.05) is 15.7 Å². The zero-order valence-electron chi connectivity index (χ0n) is 15.8. The number of nitrogens with zero attached hydrogens (tertiary/aromatic N) is 3. The van der Waals surface area contributed by atoms with E-state index in [1.165, 1.54) is 12.8 Å². The van der Waals surface area contributed by atoms with Gasteiger partial charge in [-0.05, 0) is 31.3 Å². The lowest BCUT2D eigenvalue weighted by molar-refractivity contribution is -0.129. The highest BCUT2D eigenvalue weighted by atomic mass is 16.3. The van der Waals surface area contributed by atoms with Crippen molar-refractivity contribution in [1.82, 2.24) is 14.5 Å². The van der Waals surface area contributed by atoms with Gasteiger partial charge in [0.15, 0.2) is 5.76 Å². The Labute approximate surface area is 151 Å². The largest absolute Gasteiger partial charge is 0.503 e. The number of imidazole rings is 1. The van der Waals surface area contributed by atoms with Crippen molar-refractivity contribution >= 4 is 5.91 Å². The first kappa shape index (κ1) is 19.5. The number of hydrogen-bond donors (Lipinski definition) is 1. The zero-order chi connectivity index (χ0) is 18.1. The molecule has 1 aromatic heterocycles. The Bertz CT molecular complexity index is 551. The molecule has 0 saturated heterocycles. The first-order valence-corrected chi connectivity index (χ1v) is 9.87. The molecule has 25 heavy (non-hydrogen) atoms. The SMILES string of the molecule is CCCCCC1=C(O)C(=O)N(CCCn2ccnc2)[C@@H]1CCCCC. The van der Waals surface area contributed by atoms with Crippen LogP contribution in [0.1, 0.15) is 71.6 Å². The summed E-state index contributed by atoms with van der Waals surface area (Å²) in [5, 5.41) is 10.4. The smallest absolute Gasteiger partial charge is 0.289 e. The van der Waals surface area contributed by atoms with Crippen LogP contribution in [0.3, 0.4) is 0 Å². The maximum atomic E-state index is 12.6. The Morgan fingerprint density at radius 2 is 1.84 bits per heavy atom. The van der Waals surface area contributed by atoms with Gasteiger partial charge in [-0.15, -0.1) is 0 Å². The van der Waals surface area contributed by atoms with E-state index in [2.05, 4.69) is 18.8 Å². The minimum Gasteiger partial charge on any atom is -0.503 e. The van der Waals surface area contributed by atoms with Crippen molar-refractivity contribution < 1.29 is 9.90 Å². The Morgan fingerprint density at radius 1 is 1.08 bits per heavy atom. The quantitative estimate of drug-likeness (QED) is 0.568. The molecule has 2 heterocycles. The van der Waals surface area contributed by atoms with Crippen molar-refractivity contribution in [2.45, 2.75) is 84.2 Å². The highest BCUT2D eigenvalue weighted by Gasteiger charge is 2.37. The van der Waals surface area contributed by atoms with Gasteiger partial charge in [0.25, 0.3) is 5.91 Å². The van der Waals surface area contributed by atoms with Crippen LogP contribution in [0.5, 0.6) is 0 Å². The summed E-state index contributed by atoms with van der Waals surface area (Å²) in [6.45, 7) is 5.90. The van der Waals surface area contributed by atoms with Crippen molar-refractivity contribution in [2.24, 2.45) is 0 Å². The van der Waals surface area contributed by atoms with E-state index in [9.17, 15) is 9.90 Å². The minimum atomic E-state index is -0.168. The van der Waals surface area contributed by atoms with Gasteiger partial charge in [0.2, 0.25) is 0 Å². The lowest BCUT2D eigenvalue weighted by Crippen LogP contribution is -2.37. The van der Waals surface area contributed by atoms with Crippen LogP contribution < -0.4 is 0 Å². The fourth-order valence-electron chi connectivity index (χ4n) is 3.63. The fourth-order valence-corrected chi connectivity index (χ4v) is 3.63. The lowest BCUT2D eigenvalue weighted by atomic mass is 9.96. The maximum absolute atomic E-state index is 12.6. The number of carbonyl (C=O) groups excluding carboxylic acids is 1. The summed E-state index contributed by atoms with van der Waals surface area (Å²) < 4.78 is 2.03. The number of rotatable bonds is 12. The minimum absolute atomic E-state index is 0.0280. The van der Waals surface area contributed by atoms with Crippen LogP contribution in [0.25, 0.3) is 0 Å². The van der Waals surface area contributed by atoms with Crippen LogP contribution in [0.4, 0.5) is 0 Å². The summed E-state index contributed by atoms with van der Waals surface area (Å²) in [4.78, 5) is 18.5. The fraction of sp³-hybridized carbons (Fsp3) is 0.700. The average Bonchev–Trinajstić information content (AvgIpc) is 3.20. The normalized spacial score (nSPS) is 17.8. The Balaban J connectivity index is 1.98. The molecule has 1 amide bonds. The molecule has 1 aromatic rings. The second-order valence-electron chi connectivity index (χ2n) is 7.00. The molecule has 1 N–H and O–H groups in total. The molecule has 140 valence electrons. The predicted octanol–water partition coefficient (Wildman–Crippen LogP) is 4.46. The van der Waals surface area contributed by atoms with Crippen LogP contribution in [0.15, 0.2) is 30.1 Å². The third kappa shape index (κ3) is 5.35. The van der Waals surface area contributed by atoms with Crippen LogP contribution >= 0.6 is 0 Å². The van der Waals surface area contributed by atoms with Gasteiger partial charge in [-0.1, -0.05) is 46.0 Å². The van der Waals surface area contributed by atoms with Crippen molar-refractivity contribution in [2.75, 3.05) is 6.54 Å². The van der Waals surface area contributed by atoms with Gasteiger partial charge in [0, 0.05) is 25.5 Å². The second kappa shape index (κ2) is 10.3. The van der Waals surface area contributed by atoms with E-state index < -0.39 is 0 Å². The molecule has 1 aliphatic heterocycles. The van der Waals surface area contributed by atoms with Gasteiger partial charge in [-0.2, -0.15) is 0 Å². The molecule has 0 aliphatic carbocycles. The maximum Gasteiger partial charge on any atom is 0.289 e. The van der Waals surface area contributed by atoms with Crippen molar-refractivity contribution in [3.8, 4) is 0 Å². The predicted molar refractivity (Wildman–Crippen MR) is 100 cm³/mol. The third-order valence-electron chi connectivity index (χ3n) is 5.05. The second-order valence-corrected chi connectivity index (χ2v) is 7.00. The van der Waals surface area contributed by atoms with Crippen LogP contribution in [-0.2, 0) is 11.3 Å². The molecule has 0 spiro atoms. The summed E-state index contributed by atoms with van der Waals surface area (Å²) in [6, 6.07) is 0.0960. The molecule has 0 aromatic carbocycles. The van der Waals surface area contributed by atoms with Gasteiger partial charge >= 0.3 is 0 Å².